The Labute approximate surface area is 242 Å². The van der Waals surface area contributed by atoms with E-state index in [1.165, 1.54) is 16.8 Å². The van der Waals surface area contributed by atoms with Crippen molar-refractivity contribution >= 4 is 45.5 Å². The fourth-order valence-corrected chi connectivity index (χ4v) is 5.58. The minimum Gasteiger partial charge on any atom is -0.368 e. The molecule has 3 rings (SSSR count). The molecule has 1 saturated heterocycles. The van der Waals surface area contributed by atoms with Crippen LogP contribution in [0.4, 0.5) is 0 Å². The largest absolute Gasteiger partial charge is 0.369 e. The van der Waals surface area contributed by atoms with Crippen molar-refractivity contribution in [3.05, 3.63) is 61.0 Å². The molecule has 2 aromatic rings. The highest BCUT2D eigenvalue weighted by Gasteiger charge is 2.35. The number of carbonyl (C=O) groups excluding carboxylic acids is 3. The number of allylic oxidation sites excluding steroid dienone is 1. The number of nitrogens with zero attached hydrogens (tertiary/aromatic N) is 2. The summed E-state index contributed by atoms with van der Waals surface area (Å²) >= 11 is 1.37. The summed E-state index contributed by atoms with van der Waals surface area (Å²) in [4.78, 5) is 41.4. The summed E-state index contributed by atoms with van der Waals surface area (Å²) < 4.78 is 5.80. The molecule has 2 amide bonds. The first kappa shape index (κ1) is 31.5. The Morgan fingerprint density at radius 2 is 2.02 bits per heavy atom. The van der Waals surface area contributed by atoms with E-state index in [1.54, 1.807) is 13.0 Å². The van der Waals surface area contributed by atoms with Crippen molar-refractivity contribution in [2.24, 2.45) is 5.92 Å². The number of carbonyl (C=O) groups is 2. The van der Waals surface area contributed by atoms with E-state index in [-0.39, 0.29) is 34.1 Å². The minimum absolute atomic E-state index is 0.00437. The van der Waals surface area contributed by atoms with Crippen molar-refractivity contribution in [2.75, 3.05) is 13.2 Å². The zero-order valence-electron chi connectivity index (χ0n) is 24.1. The molecule has 8 nitrogen and oxygen atoms in total. The summed E-state index contributed by atoms with van der Waals surface area (Å²) in [6, 6.07) is 7.07. The van der Waals surface area contributed by atoms with Gasteiger partial charge in [-0.05, 0) is 86.4 Å². The maximum Gasteiger partial charge on any atom is 0.369 e. The Morgan fingerprint density at radius 3 is 2.73 bits per heavy atom. The van der Waals surface area contributed by atoms with Crippen LogP contribution in [0.3, 0.4) is 0 Å². The van der Waals surface area contributed by atoms with Crippen LogP contribution in [0.2, 0.25) is 0 Å². The van der Waals surface area contributed by atoms with Crippen LogP contribution < -0.4 is 10.7 Å². The summed E-state index contributed by atoms with van der Waals surface area (Å²) in [5, 5.41) is 6.67. The van der Waals surface area contributed by atoms with Crippen LogP contribution in [0.1, 0.15) is 69.9 Å². The fourth-order valence-electron chi connectivity index (χ4n) is 4.60. The van der Waals surface area contributed by atoms with Crippen LogP contribution in [0, 0.1) is 5.92 Å². The summed E-state index contributed by atoms with van der Waals surface area (Å²) in [5.41, 5.74) is 5.07. The standard InChI is InChI=1S/C31H42N4O4S/c1-7-9-10-16-39-28(20(3)4)29(36)33-21(5)30(37)35-15-11-12-27(34-35)31(38)40-22(6)23-13-14-24-19-32-26(8-2)18-25(24)17-23/h7-8,13-14,17-22,27-28,34H,1-2,9-12,15-16H2,3-6H3,(H,33,36)/p+1/t21-,22?,27-,28-/m0/s1. The van der Waals surface area contributed by atoms with Gasteiger partial charge in [-0.1, -0.05) is 38.6 Å². The average molecular weight is 568 g/mol. The molecule has 1 aromatic heterocycles. The SMILES string of the molecule is C=CCCCO[C@H](C(=O)N[C@@H](C)C(=O)N1CCC[C@@H](C(=[OH+])SC(C)c2ccc3cnc(C=C)cc3c2)N1)C(C)C. The van der Waals surface area contributed by atoms with Crippen LogP contribution in [0.5, 0.6) is 0 Å². The van der Waals surface area contributed by atoms with E-state index in [1.807, 2.05) is 51.2 Å². The lowest BCUT2D eigenvalue weighted by Crippen LogP contribution is -2.59. The number of hydrogen-bond donors (Lipinski definition) is 2. The van der Waals surface area contributed by atoms with Gasteiger partial charge in [0.05, 0.1) is 5.69 Å². The highest BCUT2D eigenvalue weighted by molar-refractivity contribution is 8.14. The van der Waals surface area contributed by atoms with Crippen LogP contribution in [0.15, 0.2) is 49.7 Å². The number of fused-ring (bicyclic) bond motifs is 1. The van der Waals surface area contributed by atoms with Crippen LogP contribution in [0.25, 0.3) is 16.8 Å². The molecule has 1 fully saturated rings. The van der Waals surface area contributed by atoms with Crippen molar-refractivity contribution < 1.29 is 19.1 Å². The molecule has 3 N–H and O–H groups in total. The summed E-state index contributed by atoms with van der Waals surface area (Å²) in [5.74, 6) is -0.579. The maximum absolute atomic E-state index is 13.2. The molecule has 1 aliphatic rings. The number of aromatic nitrogens is 1. The number of thioether (sulfide) groups is 1. The van der Waals surface area contributed by atoms with Gasteiger partial charge in [-0.2, -0.15) is 0 Å². The molecular weight excluding hydrogens is 524 g/mol. The summed E-state index contributed by atoms with van der Waals surface area (Å²) in [6.45, 7) is 16.0. The molecule has 216 valence electrons. The van der Waals surface area contributed by atoms with E-state index in [0.717, 1.165) is 41.3 Å². The van der Waals surface area contributed by atoms with Crippen molar-refractivity contribution in [2.45, 2.75) is 76.8 Å². The van der Waals surface area contributed by atoms with E-state index in [9.17, 15) is 14.4 Å². The Bertz CT molecular complexity index is 1220. The van der Waals surface area contributed by atoms with Gasteiger partial charge >= 0.3 is 5.12 Å². The van der Waals surface area contributed by atoms with E-state index in [4.69, 9.17) is 4.74 Å². The Morgan fingerprint density at radius 1 is 1.25 bits per heavy atom. The summed E-state index contributed by atoms with van der Waals surface area (Å²) in [7, 11) is 0. The first-order valence-electron chi connectivity index (χ1n) is 14.0. The molecule has 1 aliphatic heterocycles. The van der Waals surface area contributed by atoms with Gasteiger partial charge in [0.2, 0.25) is 5.91 Å². The van der Waals surface area contributed by atoms with Gasteiger partial charge < -0.3 is 10.1 Å². The van der Waals surface area contributed by atoms with Gasteiger partial charge in [0.15, 0.2) is 0 Å². The molecule has 1 unspecified atom stereocenters. The normalized spacial score (nSPS) is 17.7. The Kier molecular flexibility index (Phi) is 11.9. The maximum atomic E-state index is 13.2. The first-order valence-corrected chi connectivity index (χ1v) is 14.9. The number of pyridine rings is 1. The van der Waals surface area contributed by atoms with Crippen molar-refractivity contribution in [1.29, 1.82) is 0 Å². The van der Waals surface area contributed by atoms with Crippen molar-refractivity contribution in [3.63, 3.8) is 0 Å². The molecule has 0 radical (unpaired) electrons. The molecule has 9 heteroatoms. The van der Waals surface area contributed by atoms with Gasteiger partial charge in [-0.3, -0.25) is 24.4 Å². The molecule has 1 aromatic carbocycles. The quantitative estimate of drug-likeness (QED) is 0.196. The molecule has 0 bridgehead atoms. The van der Waals surface area contributed by atoms with Crippen molar-refractivity contribution in [3.8, 4) is 0 Å². The zero-order chi connectivity index (χ0) is 29.2. The Hall–Kier alpha value is -3.01. The smallest absolute Gasteiger partial charge is 0.368 e. The average Bonchev–Trinajstić information content (AvgIpc) is 2.95. The lowest BCUT2D eigenvalue weighted by molar-refractivity contribution is -0.144. The number of hydrogen-bond acceptors (Lipinski definition) is 6. The van der Waals surface area contributed by atoms with Crippen LogP contribution in [-0.4, -0.2) is 63.1 Å². The molecule has 40 heavy (non-hydrogen) atoms. The fraction of sp³-hybridized carbons (Fsp3) is 0.484. The van der Waals surface area contributed by atoms with Gasteiger partial charge in [0.25, 0.3) is 5.91 Å². The number of benzene rings is 1. The minimum atomic E-state index is -0.738. The summed E-state index contributed by atoms with van der Waals surface area (Å²) in [6.07, 6.45) is 7.79. The lowest BCUT2D eigenvalue weighted by atomic mass is 10.1. The molecule has 4 atom stereocenters. The monoisotopic (exact) mass is 567 g/mol. The number of hydrazine groups is 1. The first-order chi connectivity index (χ1) is 19.1. The lowest BCUT2D eigenvalue weighted by Gasteiger charge is -2.33. The Balaban J connectivity index is 1.56. The molecule has 0 spiro atoms. The van der Waals surface area contributed by atoms with Gasteiger partial charge in [-0.25, -0.2) is 5.43 Å². The van der Waals surface area contributed by atoms with Crippen LogP contribution >= 0.6 is 11.8 Å². The number of amides is 2. The molecule has 0 aliphatic carbocycles. The third-order valence-corrected chi connectivity index (χ3v) is 8.09. The number of unbranched alkanes of at least 4 members (excludes halogenated alkanes) is 1. The number of nitrogens with one attached hydrogen (secondary N) is 2. The highest BCUT2D eigenvalue weighted by Crippen LogP contribution is 2.32. The second kappa shape index (κ2) is 15.1. The zero-order valence-corrected chi connectivity index (χ0v) is 24.9. The second-order valence-electron chi connectivity index (χ2n) is 10.5. The second-order valence-corrected chi connectivity index (χ2v) is 11.9. The van der Waals surface area contributed by atoms with E-state index < -0.39 is 12.1 Å². The van der Waals surface area contributed by atoms with E-state index >= 15 is 0 Å². The predicted molar refractivity (Wildman–Crippen MR) is 164 cm³/mol. The van der Waals surface area contributed by atoms with Gasteiger partial charge in [0.1, 0.15) is 18.2 Å². The third kappa shape index (κ3) is 8.49. The van der Waals surface area contributed by atoms with Gasteiger partial charge in [-0.15, -0.1) is 6.58 Å². The van der Waals surface area contributed by atoms with E-state index in [2.05, 4.69) is 35.0 Å². The van der Waals surface area contributed by atoms with Crippen LogP contribution in [-0.2, 0) is 14.3 Å². The molecule has 2 heterocycles. The van der Waals surface area contributed by atoms with E-state index in [0.29, 0.717) is 19.6 Å². The topological polar surface area (TPSA) is 105 Å². The highest BCUT2D eigenvalue weighted by atomic mass is 32.2. The third-order valence-electron chi connectivity index (χ3n) is 6.94. The molecule has 0 saturated carbocycles. The molecular formula is C31H43N4O4S+. The number of ether oxygens (including phenoxy) is 1. The van der Waals surface area contributed by atoms with Crippen molar-refractivity contribution in [1.82, 2.24) is 20.7 Å². The van der Waals surface area contributed by atoms with Gasteiger partial charge in [0, 0.05) is 30.0 Å². The number of rotatable bonds is 13. The predicted octanol–water partition coefficient (Wildman–Crippen LogP) is 5.18.